The normalized spacial score (nSPS) is 12.4. The van der Waals surface area contributed by atoms with Gasteiger partial charge in [0.05, 0.1) is 0 Å². The third-order valence-corrected chi connectivity index (χ3v) is 2.97. The molecule has 4 nitrogen and oxygen atoms in total. The molecule has 0 aliphatic heterocycles. The number of rotatable bonds is 5. The van der Waals surface area contributed by atoms with Gasteiger partial charge in [0.25, 0.3) is 0 Å². The Morgan fingerprint density at radius 2 is 2.17 bits per heavy atom. The van der Waals surface area contributed by atoms with E-state index >= 15 is 0 Å². The summed E-state index contributed by atoms with van der Waals surface area (Å²) in [5.41, 5.74) is 6.86. The molecule has 5 heteroatoms. The predicted octanol–water partition coefficient (Wildman–Crippen LogP) is 2.15. The Morgan fingerprint density at radius 1 is 1.50 bits per heavy atom. The van der Waals surface area contributed by atoms with Gasteiger partial charge in [-0.1, -0.05) is 18.1 Å². The van der Waals surface area contributed by atoms with E-state index < -0.39 is 5.82 Å². The summed E-state index contributed by atoms with van der Waals surface area (Å²) < 4.78 is 13.2. The molecule has 0 spiro atoms. The quantitative estimate of drug-likeness (QED) is 0.366. The number of nitrogens with two attached hydrogens (primary N) is 1. The molecule has 1 aromatic carbocycles. The first-order valence-electron chi connectivity index (χ1n) is 6.00. The maximum Gasteiger partial charge on any atom is 0.170 e. The van der Waals surface area contributed by atoms with Gasteiger partial charge in [0.15, 0.2) is 5.84 Å². The van der Waals surface area contributed by atoms with E-state index in [2.05, 4.69) is 30.8 Å². The second-order valence-electron chi connectivity index (χ2n) is 4.44. The molecule has 18 heavy (non-hydrogen) atoms. The van der Waals surface area contributed by atoms with Gasteiger partial charge < -0.3 is 10.9 Å². The highest BCUT2D eigenvalue weighted by atomic mass is 19.1. The molecule has 0 saturated heterocycles. The minimum absolute atomic E-state index is 0.0655. The van der Waals surface area contributed by atoms with Crippen LogP contribution in [0.5, 0.6) is 0 Å². The zero-order valence-electron chi connectivity index (χ0n) is 11.0. The van der Waals surface area contributed by atoms with E-state index in [-0.39, 0.29) is 5.84 Å². The summed E-state index contributed by atoms with van der Waals surface area (Å²) in [4.78, 5) is 2.21. The van der Waals surface area contributed by atoms with Gasteiger partial charge in [-0.2, -0.15) is 0 Å². The second-order valence-corrected chi connectivity index (χ2v) is 4.44. The zero-order chi connectivity index (χ0) is 13.7. The third-order valence-electron chi connectivity index (χ3n) is 2.97. The van der Waals surface area contributed by atoms with Crippen LogP contribution in [0.2, 0.25) is 0 Å². The van der Waals surface area contributed by atoms with Crippen molar-refractivity contribution in [3.05, 3.63) is 35.1 Å². The lowest BCUT2D eigenvalue weighted by atomic mass is 10.1. The molecule has 0 bridgehead atoms. The summed E-state index contributed by atoms with van der Waals surface area (Å²) in [6.07, 6.45) is 0. The van der Waals surface area contributed by atoms with E-state index in [4.69, 9.17) is 10.9 Å². The Labute approximate surface area is 107 Å². The van der Waals surface area contributed by atoms with Crippen LogP contribution in [0, 0.1) is 5.82 Å². The maximum atomic E-state index is 13.2. The van der Waals surface area contributed by atoms with Crippen LogP contribution in [-0.4, -0.2) is 28.5 Å². The maximum absolute atomic E-state index is 13.2. The van der Waals surface area contributed by atoms with E-state index in [0.717, 1.165) is 12.1 Å². The lowest BCUT2D eigenvalue weighted by Crippen LogP contribution is -2.31. The second kappa shape index (κ2) is 6.35. The van der Waals surface area contributed by atoms with Gasteiger partial charge in [0.2, 0.25) is 0 Å². The molecule has 1 rings (SSSR count). The number of hydrogen-bond acceptors (Lipinski definition) is 3. The van der Waals surface area contributed by atoms with Crippen LogP contribution in [0.15, 0.2) is 23.4 Å². The molecule has 0 unspecified atom stereocenters. The van der Waals surface area contributed by atoms with E-state index in [0.29, 0.717) is 18.2 Å². The lowest BCUT2D eigenvalue weighted by Gasteiger charge is -2.25. The largest absolute Gasteiger partial charge is 0.409 e. The van der Waals surface area contributed by atoms with Gasteiger partial charge >= 0.3 is 0 Å². The first-order chi connectivity index (χ1) is 8.49. The fraction of sp³-hybridized carbons (Fsp3) is 0.462. The number of oxime groups is 1. The molecule has 3 N–H and O–H groups in total. The summed E-state index contributed by atoms with van der Waals surface area (Å²) >= 11 is 0. The van der Waals surface area contributed by atoms with E-state index in [9.17, 15) is 4.39 Å². The first-order valence-corrected chi connectivity index (χ1v) is 6.00. The lowest BCUT2D eigenvalue weighted by molar-refractivity contribution is 0.224. The Kier molecular flexibility index (Phi) is 5.09. The summed E-state index contributed by atoms with van der Waals surface area (Å²) in [6, 6.07) is 4.73. The summed E-state index contributed by atoms with van der Waals surface area (Å²) in [5.74, 6) is -0.461. The number of hydrogen-bond donors (Lipinski definition) is 2. The smallest absolute Gasteiger partial charge is 0.170 e. The number of halogens is 1. The molecule has 100 valence electrons. The Hall–Kier alpha value is -1.62. The van der Waals surface area contributed by atoms with Crippen molar-refractivity contribution >= 4 is 5.84 Å². The third kappa shape index (κ3) is 3.43. The average Bonchev–Trinajstić information content (AvgIpc) is 2.35. The summed E-state index contributed by atoms with van der Waals surface area (Å²) in [7, 11) is 0. The molecule has 0 aliphatic rings. The molecule has 1 aromatic rings. The minimum atomic E-state index is -0.395. The average molecular weight is 253 g/mol. The predicted molar refractivity (Wildman–Crippen MR) is 70.1 cm³/mol. The van der Waals surface area contributed by atoms with E-state index in [1.54, 1.807) is 6.07 Å². The number of amidine groups is 1. The fourth-order valence-corrected chi connectivity index (χ4v) is 1.86. The van der Waals surface area contributed by atoms with Crippen LogP contribution in [0.25, 0.3) is 0 Å². The molecule has 0 fully saturated rings. The van der Waals surface area contributed by atoms with Crippen molar-refractivity contribution in [1.29, 1.82) is 0 Å². The van der Waals surface area contributed by atoms with Crippen molar-refractivity contribution in [2.45, 2.75) is 33.4 Å². The molecule has 0 aliphatic carbocycles. The van der Waals surface area contributed by atoms with Gasteiger partial charge in [-0.15, -0.1) is 0 Å². The fourth-order valence-electron chi connectivity index (χ4n) is 1.86. The van der Waals surface area contributed by atoms with Crippen molar-refractivity contribution in [3.63, 3.8) is 0 Å². The Balaban J connectivity index is 3.08. The minimum Gasteiger partial charge on any atom is -0.409 e. The molecule has 0 radical (unpaired) electrons. The van der Waals surface area contributed by atoms with Crippen LogP contribution in [0.4, 0.5) is 4.39 Å². The molecule has 0 heterocycles. The molecule has 0 aromatic heterocycles. The molecule has 0 amide bonds. The Bertz CT molecular complexity index is 432. The highest BCUT2D eigenvalue weighted by Crippen LogP contribution is 2.15. The van der Waals surface area contributed by atoms with Crippen molar-refractivity contribution in [3.8, 4) is 0 Å². The van der Waals surface area contributed by atoms with Crippen LogP contribution < -0.4 is 5.73 Å². The van der Waals surface area contributed by atoms with Crippen LogP contribution in [0.1, 0.15) is 31.9 Å². The van der Waals surface area contributed by atoms with Gasteiger partial charge in [0, 0.05) is 18.2 Å². The highest BCUT2D eigenvalue weighted by molar-refractivity contribution is 5.98. The molecule has 0 saturated carbocycles. The molecular weight excluding hydrogens is 233 g/mol. The van der Waals surface area contributed by atoms with Gasteiger partial charge in [-0.05, 0) is 38.1 Å². The SMILES string of the molecule is CCN(Cc1ccc(F)cc1C(N)=NO)C(C)C. The summed E-state index contributed by atoms with van der Waals surface area (Å²) in [6.45, 7) is 7.77. The number of benzene rings is 1. The van der Waals surface area contributed by atoms with Crippen LogP contribution in [-0.2, 0) is 6.54 Å². The van der Waals surface area contributed by atoms with Crippen LogP contribution in [0.3, 0.4) is 0 Å². The molecular formula is C13H20FN3O. The highest BCUT2D eigenvalue weighted by Gasteiger charge is 2.13. The number of nitrogens with zero attached hydrogens (tertiary/aromatic N) is 2. The Morgan fingerprint density at radius 3 is 2.67 bits per heavy atom. The van der Waals surface area contributed by atoms with E-state index in [1.807, 2.05) is 0 Å². The summed E-state index contributed by atoms with van der Waals surface area (Å²) in [5, 5.41) is 11.7. The van der Waals surface area contributed by atoms with Gasteiger partial charge in [0.1, 0.15) is 5.82 Å². The zero-order valence-corrected chi connectivity index (χ0v) is 11.0. The standard InChI is InChI=1S/C13H20FN3O/c1-4-17(9(2)3)8-10-5-6-11(14)7-12(10)13(15)16-18/h5-7,9,18H,4,8H2,1-3H3,(H2,15,16). The van der Waals surface area contributed by atoms with Crippen molar-refractivity contribution in [2.24, 2.45) is 10.9 Å². The monoisotopic (exact) mass is 253 g/mol. The first kappa shape index (κ1) is 14.4. The van der Waals surface area contributed by atoms with Gasteiger partial charge in [-0.25, -0.2) is 4.39 Å². The van der Waals surface area contributed by atoms with Crippen molar-refractivity contribution < 1.29 is 9.60 Å². The molecule has 0 atom stereocenters. The van der Waals surface area contributed by atoms with E-state index in [1.165, 1.54) is 12.1 Å². The van der Waals surface area contributed by atoms with Crippen LogP contribution >= 0.6 is 0 Å². The van der Waals surface area contributed by atoms with Crippen molar-refractivity contribution in [2.75, 3.05) is 6.54 Å². The topological polar surface area (TPSA) is 61.8 Å². The van der Waals surface area contributed by atoms with Gasteiger partial charge in [-0.3, -0.25) is 4.90 Å². The van der Waals surface area contributed by atoms with Crippen molar-refractivity contribution in [1.82, 2.24) is 4.90 Å².